The third-order valence-electron chi connectivity index (χ3n) is 1.31. The first-order valence-electron chi connectivity index (χ1n) is 4.61. The summed E-state index contributed by atoms with van der Waals surface area (Å²) in [6.07, 6.45) is 2.20. The average molecular weight is 186 g/mol. The Bertz CT molecular complexity index is 172. The van der Waals surface area contributed by atoms with E-state index in [1.165, 1.54) is 0 Å². The Morgan fingerprint density at radius 2 is 1.23 bits per heavy atom. The van der Waals surface area contributed by atoms with Gasteiger partial charge in [-0.05, 0) is 6.42 Å². The highest BCUT2D eigenvalue weighted by Gasteiger charge is 2.14. The molecule has 0 aromatic heterocycles. The molecule has 76 valence electrons. The minimum Gasteiger partial charge on any atom is -0.333 e. The summed E-state index contributed by atoms with van der Waals surface area (Å²) in [7, 11) is 8.50. The second-order valence-corrected chi connectivity index (χ2v) is 4.79. The van der Waals surface area contributed by atoms with Crippen molar-refractivity contribution in [1.82, 2.24) is 0 Å². The molecule has 1 aliphatic rings. The van der Waals surface area contributed by atoms with Crippen molar-refractivity contribution in [3.8, 4) is 0 Å². The summed E-state index contributed by atoms with van der Waals surface area (Å²) in [5, 5.41) is 0. The molecule has 0 aliphatic heterocycles. The zero-order chi connectivity index (χ0) is 10.5. The van der Waals surface area contributed by atoms with E-state index in [1.807, 2.05) is 0 Å². The predicted molar refractivity (Wildman–Crippen MR) is 52.4 cm³/mol. The Kier molecular flexibility index (Phi) is 4.85. The molecule has 1 fully saturated rings. The third kappa shape index (κ3) is 11.3. The van der Waals surface area contributed by atoms with E-state index < -0.39 is 0 Å². The Labute approximate surface area is 80.3 Å². The maximum atomic E-state index is 10.5. The molecule has 0 unspecified atom stereocenters. The molecule has 0 N–H and O–H groups in total. The topological polar surface area (TPSA) is 34.1 Å². The molecule has 3 nitrogen and oxygen atoms in total. The average Bonchev–Trinajstić information content (AvgIpc) is 1.81. The molecular weight excluding hydrogens is 166 g/mol. The summed E-state index contributed by atoms with van der Waals surface area (Å²) >= 11 is 0. The van der Waals surface area contributed by atoms with E-state index in [9.17, 15) is 9.59 Å². The van der Waals surface area contributed by atoms with Crippen molar-refractivity contribution in [2.24, 2.45) is 0 Å². The SMILES string of the molecule is C[N+](C)(C)C.O=C1CCCC(=O)C1. The molecule has 3 heteroatoms. The largest absolute Gasteiger partial charge is 0.333 e. The molecule has 0 radical (unpaired) electrons. The third-order valence-corrected chi connectivity index (χ3v) is 1.31. The number of Topliss-reactive ketones (excluding diaryl/α,β-unsaturated/α-hetero) is 2. The van der Waals surface area contributed by atoms with Gasteiger partial charge in [-0.3, -0.25) is 9.59 Å². The van der Waals surface area contributed by atoms with Crippen molar-refractivity contribution < 1.29 is 14.1 Å². The fourth-order valence-corrected chi connectivity index (χ4v) is 0.879. The van der Waals surface area contributed by atoms with Crippen LogP contribution in [0.4, 0.5) is 0 Å². The standard InChI is InChI=1S/C6H8O2.C4H12N/c7-5-2-1-3-6(8)4-5;1-5(2,3)4/h1-4H2;1-4H3/q;+1. The van der Waals surface area contributed by atoms with E-state index in [2.05, 4.69) is 28.2 Å². The van der Waals surface area contributed by atoms with Crippen LogP contribution in [0.25, 0.3) is 0 Å². The van der Waals surface area contributed by atoms with Crippen molar-refractivity contribution in [2.45, 2.75) is 25.7 Å². The highest BCUT2D eigenvalue weighted by atomic mass is 16.1. The van der Waals surface area contributed by atoms with Gasteiger partial charge in [-0.1, -0.05) is 0 Å². The minimum absolute atomic E-state index is 0.112. The van der Waals surface area contributed by atoms with Crippen LogP contribution in [0.3, 0.4) is 0 Å². The van der Waals surface area contributed by atoms with Gasteiger partial charge in [-0.15, -0.1) is 0 Å². The van der Waals surface area contributed by atoms with E-state index in [-0.39, 0.29) is 18.0 Å². The molecule has 0 spiro atoms. The summed E-state index contributed by atoms with van der Waals surface area (Å²) in [4.78, 5) is 20.9. The zero-order valence-corrected chi connectivity index (χ0v) is 9.09. The lowest BCUT2D eigenvalue weighted by atomic mass is 9.98. The summed E-state index contributed by atoms with van der Waals surface area (Å²) < 4.78 is 1.00. The molecule has 0 saturated heterocycles. The van der Waals surface area contributed by atoms with Gasteiger partial charge in [0.25, 0.3) is 0 Å². The van der Waals surface area contributed by atoms with Gasteiger partial charge in [0.05, 0.1) is 34.6 Å². The lowest BCUT2D eigenvalue weighted by Gasteiger charge is -2.14. The van der Waals surface area contributed by atoms with E-state index in [0.717, 1.165) is 10.9 Å². The van der Waals surface area contributed by atoms with Gasteiger partial charge in [-0.2, -0.15) is 0 Å². The van der Waals surface area contributed by atoms with Gasteiger partial charge in [-0.25, -0.2) is 0 Å². The summed E-state index contributed by atoms with van der Waals surface area (Å²) in [6, 6.07) is 0. The fraction of sp³-hybridized carbons (Fsp3) is 0.800. The van der Waals surface area contributed by atoms with Crippen LogP contribution in [0.15, 0.2) is 0 Å². The van der Waals surface area contributed by atoms with Crippen molar-refractivity contribution >= 4 is 11.6 Å². The minimum atomic E-state index is 0.112. The van der Waals surface area contributed by atoms with Crippen molar-refractivity contribution in [3.05, 3.63) is 0 Å². The van der Waals surface area contributed by atoms with E-state index >= 15 is 0 Å². The maximum absolute atomic E-state index is 10.5. The van der Waals surface area contributed by atoms with Gasteiger partial charge in [0.2, 0.25) is 0 Å². The molecule has 0 atom stereocenters. The van der Waals surface area contributed by atoms with Crippen LogP contribution in [-0.4, -0.2) is 44.2 Å². The van der Waals surface area contributed by atoms with Gasteiger partial charge < -0.3 is 4.48 Å². The molecule has 0 aromatic carbocycles. The number of rotatable bonds is 0. The second-order valence-electron chi connectivity index (χ2n) is 4.79. The molecule has 0 amide bonds. The second kappa shape index (κ2) is 5.12. The smallest absolute Gasteiger partial charge is 0.140 e. The molecule has 0 heterocycles. The number of hydrogen-bond donors (Lipinski definition) is 0. The number of ketones is 2. The highest BCUT2D eigenvalue weighted by Crippen LogP contribution is 2.09. The van der Waals surface area contributed by atoms with Crippen LogP contribution in [0.2, 0.25) is 0 Å². The van der Waals surface area contributed by atoms with Crippen molar-refractivity contribution in [1.29, 1.82) is 0 Å². The van der Waals surface area contributed by atoms with Crippen LogP contribution in [0.1, 0.15) is 25.7 Å². The normalized spacial score (nSPS) is 17.8. The Morgan fingerprint density at radius 1 is 0.923 bits per heavy atom. The first-order valence-corrected chi connectivity index (χ1v) is 4.61. The van der Waals surface area contributed by atoms with Crippen molar-refractivity contribution in [2.75, 3.05) is 28.2 Å². The van der Waals surface area contributed by atoms with Crippen molar-refractivity contribution in [3.63, 3.8) is 0 Å². The van der Waals surface area contributed by atoms with Crippen LogP contribution in [-0.2, 0) is 9.59 Å². The molecule has 0 aromatic rings. The highest BCUT2D eigenvalue weighted by molar-refractivity contribution is 6.01. The maximum Gasteiger partial charge on any atom is 0.140 e. The molecule has 0 bridgehead atoms. The Balaban J connectivity index is 0.000000252. The van der Waals surface area contributed by atoms with Crippen LogP contribution in [0.5, 0.6) is 0 Å². The Hall–Kier alpha value is -0.700. The lowest BCUT2D eigenvalue weighted by molar-refractivity contribution is -0.849. The van der Waals surface area contributed by atoms with Gasteiger partial charge in [0.1, 0.15) is 11.6 Å². The first-order chi connectivity index (χ1) is 5.79. The number of carbonyl (C=O) groups is 2. The summed E-state index contributed by atoms with van der Waals surface area (Å²) in [5.74, 6) is 0.225. The van der Waals surface area contributed by atoms with Crippen LogP contribution < -0.4 is 0 Å². The zero-order valence-electron chi connectivity index (χ0n) is 9.09. The molecular formula is C10H20NO2+. The number of nitrogens with zero attached hydrogens (tertiary/aromatic N) is 1. The summed E-state index contributed by atoms with van der Waals surface area (Å²) in [5.41, 5.74) is 0. The van der Waals surface area contributed by atoms with Crippen LogP contribution in [0, 0.1) is 0 Å². The predicted octanol–water partition coefficient (Wildman–Crippen LogP) is 1.02. The number of quaternary nitrogens is 1. The summed E-state index contributed by atoms with van der Waals surface area (Å²) in [6.45, 7) is 0. The lowest BCUT2D eigenvalue weighted by Crippen LogP contribution is -2.27. The van der Waals surface area contributed by atoms with Crippen LogP contribution >= 0.6 is 0 Å². The van der Waals surface area contributed by atoms with Gasteiger partial charge in [0, 0.05) is 12.8 Å². The molecule has 13 heavy (non-hydrogen) atoms. The Morgan fingerprint density at radius 3 is 1.38 bits per heavy atom. The molecule has 1 aliphatic carbocycles. The number of carbonyl (C=O) groups excluding carboxylic acids is 2. The van der Waals surface area contributed by atoms with Gasteiger partial charge in [0.15, 0.2) is 0 Å². The monoisotopic (exact) mass is 186 g/mol. The fourth-order valence-electron chi connectivity index (χ4n) is 0.879. The van der Waals surface area contributed by atoms with E-state index in [4.69, 9.17) is 0 Å². The quantitative estimate of drug-likeness (QED) is 0.418. The van der Waals surface area contributed by atoms with E-state index in [1.54, 1.807) is 0 Å². The first kappa shape index (κ1) is 12.3. The molecule has 1 saturated carbocycles. The van der Waals surface area contributed by atoms with Gasteiger partial charge >= 0.3 is 0 Å². The molecule has 1 rings (SSSR count). The van der Waals surface area contributed by atoms with E-state index in [0.29, 0.717) is 12.8 Å². The number of hydrogen-bond acceptors (Lipinski definition) is 2.